The van der Waals surface area contributed by atoms with Gasteiger partial charge in [-0.2, -0.15) is 0 Å². The maximum absolute atomic E-state index is 12.5. The zero-order chi connectivity index (χ0) is 16.5. The second-order valence-corrected chi connectivity index (χ2v) is 7.58. The molecule has 3 aliphatic rings. The fraction of sp³-hybridized carbons (Fsp3) is 0.471. The maximum atomic E-state index is 12.5. The van der Waals surface area contributed by atoms with Gasteiger partial charge in [0.2, 0.25) is 0 Å². The molecule has 1 atom stereocenters. The number of amides is 1. The molecule has 1 aromatic carbocycles. The number of carbonyl (C=O) groups is 1. The molecule has 3 fully saturated rings. The molecule has 0 radical (unpaired) electrons. The van der Waals surface area contributed by atoms with Crippen molar-refractivity contribution in [3.63, 3.8) is 0 Å². The number of piperidine rings is 3. The van der Waals surface area contributed by atoms with Crippen molar-refractivity contribution in [3.8, 4) is 10.9 Å². The van der Waals surface area contributed by atoms with E-state index in [0.717, 1.165) is 11.6 Å². The Morgan fingerprint density at radius 3 is 2.58 bits per heavy atom. The van der Waals surface area contributed by atoms with Crippen LogP contribution in [0.25, 0.3) is 0 Å². The summed E-state index contributed by atoms with van der Waals surface area (Å²) in [6, 6.07) is 7.45. The first-order valence-corrected chi connectivity index (χ1v) is 9.10. The van der Waals surface area contributed by atoms with Crippen molar-refractivity contribution in [2.45, 2.75) is 25.8 Å². The first-order chi connectivity index (χ1) is 11.7. The zero-order valence-corrected chi connectivity index (χ0v) is 14.4. The summed E-state index contributed by atoms with van der Waals surface area (Å²) in [5.74, 6) is 1.28. The predicted molar refractivity (Wildman–Crippen MR) is 91.6 cm³/mol. The molecule has 1 aromatic heterocycles. The molecule has 7 heteroatoms. The molecule has 1 N–H and O–H groups in total. The molecule has 3 saturated heterocycles. The molecular weight excluding hydrogens is 324 g/mol. The van der Waals surface area contributed by atoms with Gasteiger partial charge in [0.1, 0.15) is 10.8 Å². The Kier molecular flexibility index (Phi) is 4.20. The highest BCUT2D eigenvalue weighted by Gasteiger charge is 2.34. The molecule has 4 heterocycles. The van der Waals surface area contributed by atoms with E-state index < -0.39 is 0 Å². The molecule has 0 spiro atoms. The van der Waals surface area contributed by atoms with Gasteiger partial charge in [0.05, 0.1) is 0 Å². The van der Waals surface area contributed by atoms with Gasteiger partial charge in [-0.3, -0.25) is 4.79 Å². The number of aryl methyl sites for hydroxylation is 1. The van der Waals surface area contributed by atoms with Gasteiger partial charge < -0.3 is 15.0 Å². The zero-order valence-electron chi connectivity index (χ0n) is 13.6. The van der Waals surface area contributed by atoms with Crippen LogP contribution in [0.15, 0.2) is 24.3 Å². The highest BCUT2D eigenvalue weighted by molar-refractivity contribution is 7.13. The van der Waals surface area contributed by atoms with E-state index in [-0.39, 0.29) is 11.9 Å². The number of nitrogens with one attached hydrogen (secondary N) is 1. The van der Waals surface area contributed by atoms with Gasteiger partial charge in [-0.05, 0) is 63.0 Å². The van der Waals surface area contributed by atoms with Crippen LogP contribution in [0.1, 0.15) is 28.2 Å². The number of nitrogens with zero attached hydrogens (tertiary/aromatic N) is 3. The summed E-state index contributed by atoms with van der Waals surface area (Å²) in [5.41, 5.74) is 0.659. The monoisotopic (exact) mass is 344 g/mol. The van der Waals surface area contributed by atoms with Crippen LogP contribution in [-0.4, -0.2) is 46.7 Å². The molecule has 5 rings (SSSR count). The van der Waals surface area contributed by atoms with Crippen LogP contribution in [0.5, 0.6) is 10.9 Å². The van der Waals surface area contributed by atoms with E-state index >= 15 is 0 Å². The van der Waals surface area contributed by atoms with Crippen molar-refractivity contribution in [1.29, 1.82) is 0 Å². The maximum Gasteiger partial charge on any atom is 0.299 e. The van der Waals surface area contributed by atoms with Gasteiger partial charge in [0.15, 0.2) is 0 Å². The Bertz CT molecular complexity index is 722. The fourth-order valence-corrected chi connectivity index (χ4v) is 4.03. The molecule has 24 heavy (non-hydrogen) atoms. The van der Waals surface area contributed by atoms with Crippen molar-refractivity contribution < 1.29 is 9.53 Å². The fourth-order valence-electron chi connectivity index (χ4n) is 3.48. The van der Waals surface area contributed by atoms with Crippen molar-refractivity contribution in [3.05, 3.63) is 34.8 Å². The number of hydrogen-bond acceptors (Lipinski definition) is 6. The molecule has 6 nitrogen and oxygen atoms in total. The first kappa shape index (κ1) is 15.5. The van der Waals surface area contributed by atoms with Gasteiger partial charge in [0, 0.05) is 18.2 Å². The van der Waals surface area contributed by atoms with Crippen molar-refractivity contribution >= 4 is 17.2 Å². The minimum absolute atomic E-state index is 0.00735. The van der Waals surface area contributed by atoms with Crippen LogP contribution >= 0.6 is 11.3 Å². The number of carbonyl (C=O) groups excluding carboxylic acids is 1. The lowest BCUT2D eigenvalue weighted by molar-refractivity contribution is 0.0620. The van der Waals surface area contributed by atoms with E-state index in [2.05, 4.69) is 20.4 Å². The second-order valence-electron chi connectivity index (χ2n) is 6.43. The molecular formula is C17H20N4O2S. The van der Waals surface area contributed by atoms with Crippen LogP contribution in [0.2, 0.25) is 0 Å². The molecule has 126 valence electrons. The number of benzene rings is 1. The number of hydrogen-bond donors (Lipinski definition) is 1. The highest BCUT2D eigenvalue weighted by Crippen LogP contribution is 2.28. The normalized spacial score (nSPS) is 25.5. The average Bonchev–Trinajstić information content (AvgIpc) is 3.01. The van der Waals surface area contributed by atoms with E-state index in [9.17, 15) is 4.79 Å². The Hall–Kier alpha value is -1.99. The van der Waals surface area contributed by atoms with Crippen LogP contribution in [0.4, 0.5) is 0 Å². The smallest absolute Gasteiger partial charge is 0.299 e. The minimum atomic E-state index is -0.00735. The predicted octanol–water partition coefficient (Wildman–Crippen LogP) is 2.46. The summed E-state index contributed by atoms with van der Waals surface area (Å²) in [6.07, 6.45) is 2.39. The average molecular weight is 344 g/mol. The third-order valence-corrected chi connectivity index (χ3v) is 5.52. The topological polar surface area (TPSA) is 67.3 Å². The van der Waals surface area contributed by atoms with Crippen molar-refractivity contribution in [2.75, 3.05) is 19.6 Å². The van der Waals surface area contributed by atoms with Crippen molar-refractivity contribution in [1.82, 2.24) is 20.4 Å². The number of rotatable bonds is 4. The summed E-state index contributed by atoms with van der Waals surface area (Å²) >= 11 is 1.39. The van der Waals surface area contributed by atoms with Crippen LogP contribution in [-0.2, 0) is 0 Å². The second kappa shape index (κ2) is 6.49. The lowest BCUT2D eigenvalue weighted by Gasteiger charge is -2.44. The van der Waals surface area contributed by atoms with E-state index in [1.165, 1.54) is 37.3 Å². The van der Waals surface area contributed by atoms with E-state index in [4.69, 9.17) is 4.74 Å². The van der Waals surface area contributed by atoms with Crippen LogP contribution in [0, 0.1) is 12.8 Å². The minimum Gasteiger partial charge on any atom is -0.430 e. The number of ether oxygens (including phenoxy) is 1. The lowest BCUT2D eigenvalue weighted by atomic mass is 9.84. The largest absolute Gasteiger partial charge is 0.430 e. The van der Waals surface area contributed by atoms with E-state index in [1.54, 1.807) is 24.3 Å². The summed E-state index contributed by atoms with van der Waals surface area (Å²) in [5, 5.41) is 12.4. The van der Waals surface area contributed by atoms with Gasteiger partial charge in [-0.25, -0.2) is 0 Å². The Labute approximate surface area is 144 Å². The van der Waals surface area contributed by atoms with Gasteiger partial charge in [-0.1, -0.05) is 16.4 Å². The summed E-state index contributed by atoms with van der Waals surface area (Å²) < 4.78 is 5.63. The molecule has 2 bridgehead atoms. The van der Waals surface area contributed by atoms with Gasteiger partial charge >= 0.3 is 0 Å². The van der Waals surface area contributed by atoms with Gasteiger partial charge in [-0.15, -0.1) is 5.10 Å². The molecule has 0 unspecified atom stereocenters. The van der Waals surface area contributed by atoms with Crippen LogP contribution < -0.4 is 10.1 Å². The summed E-state index contributed by atoms with van der Waals surface area (Å²) in [6.45, 7) is 5.21. The Morgan fingerprint density at radius 2 is 2.00 bits per heavy atom. The number of aromatic nitrogens is 2. The third-order valence-electron chi connectivity index (χ3n) is 4.80. The van der Waals surface area contributed by atoms with Gasteiger partial charge in [0.25, 0.3) is 11.1 Å². The quantitative estimate of drug-likeness (QED) is 0.923. The standard InChI is InChI=1S/C17H20N4O2S/c1-11-19-20-17(24-11)23-14-4-2-13(3-5-14)16(22)18-15-10-21-8-6-12(15)7-9-21/h2-5,12,15H,6-10H2,1H3,(H,18,22)/t15-/m0/s1. The molecule has 3 aliphatic heterocycles. The Morgan fingerprint density at radius 1 is 1.25 bits per heavy atom. The first-order valence-electron chi connectivity index (χ1n) is 8.28. The third kappa shape index (κ3) is 3.27. The van der Waals surface area contributed by atoms with Crippen LogP contribution in [0.3, 0.4) is 0 Å². The SMILES string of the molecule is Cc1nnc(Oc2ccc(C(=O)N[C@H]3CN4CCC3CC4)cc2)s1. The number of fused-ring (bicyclic) bond motifs is 3. The molecule has 2 aromatic rings. The molecule has 0 saturated carbocycles. The summed E-state index contributed by atoms with van der Waals surface area (Å²) in [4.78, 5) is 14.9. The molecule has 1 amide bonds. The summed E-state index contributed by atoms with van der Waals surface area (Å²) in [7, 11) is 0. The van der Waals surface area contributed by atoms with E-state index in [1.807, 2.05) is 6.92 Å². The van der Waals surface area contributed by atoms with E-state index in [0.29, 0.717) is 22.4 Å². The molecule has 0 aliphatic carbocycles. The highest BCUT2D eigenvalue weighted by atomic mass is 32.1. The van der Waals surface area contributed by atoms with Crippen molar-refractivity contribution in [2.24, 2.45) is 5.92 Å². The Balaban J connectivity index is 1.38. The lowest BCUT2D eigenvalue weighted by Crippen LogP contribution is -2.57.